The van der Waals surface area contributed by atoms with Crippen LogP contribution in [0.25, 0.3) is 0 Å². The Labute approximate surface area is 129 Å². The molecule has 0 radical (unpaired) electrons. The number of aromatic amines is 1. The number of aromatic nitrogens is 2. The lowest BCUT2D eigenvalue weighted by atomic mass is 10.1. The average molecular weight is 297 g/mol. The van der Waals surface area contributed by atoms with Gasteiger partial charge in [-0.25, -0.2) is 5.01 Å². The molecule has 1 amide bonds. The van der Waals surface area contributed by atoms with Gasteiger partial charge in [-0.2, -0.15) is 10.2 Å². The van der Waals surface area contributed by atoms with Gasteiger partial charge in [0, 0.05) is 25.2 Å². The summed E-state index contributed by atoms with van der Waals surface area (Å²) < 4.78 is 0. The van der Waals surface area contributed by atoms with Crippen LogP contribution in [0, 0.1) is 6.92 Å². The molecule has 114 valence electrons. The van der Waals surface area contributed by atoms with Gasteiger partial charge >= 0.3 is 0 Å². The number of hydrogen-bond acceptors (Lipinski definition) is 4. The van der Waals surface area contributed by atoms with Crippen molar-refractivity contribution in [1.82, 2.24) is 15.2 Å². The number of carbonyl (C=O) groups excluding carboxylic acids is 1. The molecule has 1 aromatic carbocycles. The van der Waals surface area contributed by atoms with E-state index in [1.165, 1.54) is 0 Å². The van der Waals surface area contributed by atoms with E-state index in [9.17, 15) is 4.79 Å². The molecule has 1 N–H and O–H groups in total. The number of benzene rings is 1. The first-order chi connectivity index (χ1) is 10.6. The number of nitrogens with zero attached hydrogens (tertiary/aromatic N) is 4. The van der Waals surface area contributed by atoms with Crippen LogP contribution < -0.4 is 4.90 Å². The van der Waals surface area contributed by atoms with E-state index < -0.39 is 0 Å². The predicted octanol–water partition coefficient (Wildman–Crippen LogP) is 1.79. The second-order valence-electron chi connectivity index (χ2n) is 5.44. The van der Waals surface area contributed by atoms with Gasteiger partial charge in [0.25, 0.3) is 5.91 Å². The molecule has 0 spiro atoms. The number of likely N-dealkylation sites (N-methyl/N-ethyl adjacent to an activating group) is 1. The van der Waals surface area contributed by atoms with Gasteiger partial charge < -0.3 is 4.90 Å². The number of hydrogen-bond donors (Lipinski definition) is 1. The number of amides is 1. The Morgan fingerprint density at radius 2 is 2.14 bits per heavy atom. The minimum absolute atomic E-state index is 0.0194. The van der Waals surface area contributed by atoms with Gasteiger partial charge in [-0.05, 0) is 12.5 Å². The van der Waals surface area contributed by atoms with Crippen molar-refractivity contribution in [3.8, 4) is 0 Å². The first kappa shape index (κ1) is 14.3. The van der Waals surface area contributed by atoms with Gasteiger partial charge in [0.2, 0.25) is 0 Å². The fourth-order valence-corrected chi connectivity index (χ4v) is 2.44. The first-order valence-electron chi connectivity index (χ1n) is 7.30. The Balaban J connectivity index is 1.65. The van der Waals surface area contributed by atoms with Crippen LogP contribution in [0.15, 0.2) is 41.5 Å². The molecule has 2 aromatic rings. The highest BCUT2D eigenvalue weighted by Gasteiger charge is 2.22. The van der Waals surface area contributed by atoms with Crippen LogP contribution in [0.4, 0.5) is 5.82 Å². The van der Waals surface area contributed by atoms with Crippen LogP contribution in [-0.4, -0.2) is 47.0 Å². The molecule has 0 unspecified atom stereocenters. The number of rotatable bonds is 4. The molecule has 0 aliphatic carbocycles. The van der Waals surface area contributed by atoms with Crippen molar-refractivity contribution in [3.63, 3.8) is 0 Å². The Morgan fingerprint density at radius 3 is 2.82 bits per heavy atom. The second-order valence-corrected chi connectivity index (χ2v) is 5.44. The highest BCUT2D eigenvalue weighted by atomic mass is 16.2. The van der Waals surface area contributed by atoms with Gasteiger partial charge in [-0.1, -0.05) is 30.3 Å². The molecule has 0 saturated carbocycles. The van der Waals surface area contributed by atoms with Crippen molar-refractivity contribution < 1.29 is 4.79 Å². The third kappa shape index (κ3) is 3.00. The fraction of sp³-hybridized carbons (Fsp3) is 0.312. The summed E-state index contributed by atoms with van der Waals surface area (Å²) in [5, 5.41) is 13.0. The van der Waals surface area contributed by atoms with Crippen LogP contribution in [0.1, 0.15) is 17.7 Å². The van der Waals surface area contributed by atoms with Crippen molar-refractivity contribution in [2.24, 2.45) is 5.10 Å². The SMILES string of the molecule is Cc1cc(N(C)CC(=O)N2CCC(c3ccccc3)=N2)n[nH]1. The van der Waals surface area contributed by atoms with Crippen LogP contribution in [-0.2, 0) is 4.79 Å². The summed E-state index contributed by atoms with van der Waals surface area (Å²) in [6.45, 7) is 2.83. The van der Waals surface area contributed by atoms with Crippen LogP contribution >= 0.6 is 0 Å². The van der Waals surface area contributed by atoms with Gasteiger partial charge in [0.05, 0.1) is 18.8 Å². The predicted molar refractivity (Wildman–Crippen MR) is 85.9 cm³/mol. The monoisotopic (exact) mass is 297 g/mol. The molecule has 1 aliphatic heterocycles. The second kappa shape index (κ2) is 6.01. The summed E-state index contributed by atoms with van der Waals surface area (Å²) in [4.78, 5) is 14.2. The normalized spacial score (nSPS) is 14.1. The molecule has 2 heterocycles. The third-order valence-corrected chi connectivity index (χ3v) is 3.65. The molecule has 0 bridgehead atoms. The zero-order valence-electron chi connectivity index (χ0n) is 12.8. The minimum atomic E-state index is -0.0194. The molecule has 3 rings (SSSR count). The summed E-state index contributed by atoms with van der Waals surface area (Å²) in [5.74, 6) is 0.742. The van der Waals surface area contributed by atoms with Crippen molar-refractivity contribution in [1.29, 1.82) is 0 Å². The van der Waals surface area contributed by atoms with Crippen LogP contribution in [0.3, 0.4) is 0 Å². The largest absolute Gasteiger partial charge is 0.349 e. The molecule has 22 heavy (non-hydrogen) atoms. The third-order valence-electron chi connectivity index (χ3n) is 3.65. The van der Waals surface area contributed by atoms with Crippen molar-refractivity contribution in [2.45, 2.75) is 13.3 Å². The Bertz CT molecular complexity index is 692. The summed E-state index contributed by atoms with van der Waals surface area (Å²) >= 11 is 0. The maximum absolute atomic E-state index is 12.4. The van der Waals surface area contributed by atoms with E-state index in [0.717, 1.165) is 29.2 Å². The average Bonchev–Trinajstić information content (AvgIpc) is 3.17. The lowest BCUT2D eigenvalue weighted by Crippen LogP contribution is -2.35. The fourth-order valence-electron chi connectivity index (χ4n) is 2.44. The maximum atomic E-state index is 12.4. The molecule has 0 saturated heterocycles. The number of nitrogens with one attached hydrogen (secondary N) is 1. The Hall–Kier alpha value is -2.63. The number of carbonyl (C=O) groups is 1. The number of hydrazone groups is 1. The summed E-state index contributed by atoms with van der Waals surface area (Å²) in [5.41, 5.74) is 3.01. The van der Waals surface area contributed by atoms with E-state index >= 15 is 0 Å². The van der Waals surface area contributed by atoms with E-state index in [0.29, 0.717) is 6.54 Å². The topological polar surface area (TPSA) is 64.6 Å². The quantitative estimate of drug-likeness (QED) is 0.935. The van der Waals surface area contributed by atoms with Crippen molar-refractivity contribution in [3.05, 3.63) is 47.7 Å². The molecule has 0 atom stereocenters. The van der Waals surface area contributed by atoms with Gasteiger partial charge in [-0.3, -0.25) is 9.89 Å². The van der Waals surface area contributed by atoms with E-state index in [1.54, 1.807) is 5.01 Å². The highest BCUT2D eigenvalue weighted by molar-refractivity contribution is 6.02. The summed E-state index contributed by atoms with van der Waals surface area (Å²) in [7, 11) is 1.85. The smallest absolute Gasteiger partial charge is 0.262 e. The van der Waals surface area contributed by atoms with Crippen molar-refractivity contribution in [2.75, 3.05) is 25.0 Å². The van der Waals surface area contributed by atoms with E-state index in [4.69, 9.17) is 0 Å². The van der Waals surface area contributed by atoms with Gasteiger partial charge in [0.1, 0.15) is 0 Å². The van der Waals surface area contributed by atoms with Crippen LogP contribution in [0.2, 0.25) is 0 Å². The van der Waals surface area contributed by atoms with Crippen molar-refractivity contribution >= 4 is 17.4 Å². The highest BCUT2D eigenvalue weighted by Crippen LogP contribution is 2.15. The number of anilines is 1. The molecule has 6 nitrogen and oxygen atoms in total. The number of H-pyrrole nitrogens is 1. The Kier molecular flexibility index (Phi) is 3.91. The zero-order chi connectivity index (χ0) is 15.5. The molecule has 6 heteroatoms. The van der Waals surface area contributed by atoms with E-state index in [1.807, 2.05) is 55.3 Å². The van der Waals surface area contributed by atoms with Crippen LogP contribution in [0.5, 0.6) is 0 Å². The maximum Gasteiger partial charge on any atom is 0.262 e. The van der Waals surface area contributed by atoms with E-state index in [2.05, 4.69) is 15.3 Å². The first-order valence-corrected chi connectivity index (χ1v) is 7.30. The van der Waals surface area contributed by atoms with Gasteiger partial charge in [0.15, 0.2) is 5.82 Å². The standard InChI is InChI=1S/C16H19N5O/c1-12-10-15(18-17-12)20(2)11-16(22)21-9-8-14(19-21)13-6-4-3-5-7-13/h3-7,10H,8-9,11H2,1-2H3,(H,17,18). The zero-order valence-corrected chi connectivity index (χ0v) is 12.8. The molecule has 1 aromatic heterocycles. The molecular formula is C16H19N5O. The molecule has 1 aliphatic rings. The molecular weight excluding hydrogens is 278 g/mol. The Morgan fingerprint density at radius 1 is 1.36 bits per heavy atom. The van der Waals surface area contributed by atoms with Gasteiger partial charge in [-0.15, -0.1) is 0 Å². The number of aryl methyl sites for hydroxylation is 1. The lowest BCUT2D eigenvalue weighted by Gasteiger charge is -2.18. The lowest BCUT2D eigenvalue weighted by molar-refractivity contribution is -0.129. The molecule has 0 fully saturated rings. The summed E-state index contributed by atoms with van der Waals surface area (Å²) in [6, 6.07) is 11.9. The van der Waals surface area contributed by atoms with E-state index in [-0.39, 0.29) is 12.5 Å². The summed E-state index contributed by atoms with van der Waals surface area (Å²) in [6.07, 6.45) is 0.793. The minimum Gasteiger partial charge on any atom is -0.349 e.